The van der Waals surface area contributed by atoms with Gasteiger partial charge in [-0.25, -0.2) is 9.78 Å². The number of hydrogen-bond acceptors (Lipinski definition) is 6. The van der Waals surface area contributed by atoms with Gasteiger partial charge in [-0.05, 0) is 18.2 Å². The summed E-state index contributed by atoms with van der Waals surface area (Å²) in [6.07, 6.45) is -0.0992. The van der Waals surface area contributed by atoms with Crippen LogP contribution in [-0.4, -0.2) is 55.6 Å². The van der Waals surface area contributed by atoms with E-state index in [9.17, 15) is 9.90 Å². The summed E-state index contributed by atoms with van der Waals surface area (Å²) in [7, 11) is 1.84. The van der Waals surface area contributed by atoms with Gasteiger partial charge in [-0.3, -0.25) is 0 Å². The lowest BCUT2D eigenvalue weighted by atomic mass is 10.1. The molecule has 0 bridgehead atoms. The summed E-state index contributed by atoms with van der Waals surface area (Å²) in [6.45, 7) is 2.17. The van der Waals surface area contributed by atoms with Crippen molar-refractivity contribution >= 4 is 33.2 Å². The van der Waals surface area contributed by atoms with Gasteiger partial charge in [0.2, 0.25) is 0 Å². The maximum Gasteiger partial charge on any atom is 0.339 e. The van der Waals surface area contributed by atoms with E-state index >= 15 is 0 Å². The molecule has 0 unspecified atom stereocenters. The van der Waals surface area contributed by atoms with Gasteiger partial charge in [0.25, 0.3) is 0 Å². The third-order valence-electron chi connectivity index (χ3n) is 4.59. The number of benzene rings is 1. The van der Waals surface area contributed by atoms with Crippen LogP contribution in [0.2, 0.25) is 0 Å². The Bertz CT molecular complexity index is 966. The van der Waals surface area contributed by atoms with Crippen molar-refractivity contribution in [3.63, 3.8) is 0 Å². The number of aromatic carboxylic acids is 1. The molecular weight excluding hydrogens is 364 g/mol. The Morgan fingerprint density at radius 1 is 1.30 bits per heavy atom. The van der Waals surface area contributed by atoms with Gasteiger partial charge in [0.05, 0.1) is 31.6 Å². The number of aromatic nitrogens is 1. The summed E-state index contributed by atoms with van der Waals surface area (Å²) in [4.78, 5) is 18.2. The Hall–Kier alpha value is -2.48. The number of nitrogens with zero attached hydrogens (tertiary/aromatic N) is 2. The lowest BCUT2D eigenvalue weighted by Gasteiger charge is -2.28. The van der Waals surface area contributed by atoms with E-state index in [1.165, 1.54) is 4.70 Å². The fourth-order valence-corrected chi connectivity index (χ4v) is 4.22. The van der Waals surface area contributed by atoms with E-state index in [-0.39, 0.29) is 11.7 Å². The molecule has 1 aromatic carbocycles. The van der Waals surface area contributed by atoms with Crippen molar-refractivity contribution in [3.8, 4) is 11.3 Å². The fraction of sp³-hybridized carbons (Fsp3) is 0.300. The van der Waals surface area contributed by atoms with Gasteiger partial charge in [-0.1, -0.05) is 18.2 Å². The maximum absolute atomic E-state index is 11.7. The molecule has 27 heavy (non-hydrogen) atoms. The minimum absolute atomic E-state index is 0.0992. The predicted molar refractivity (Wildman–Crippen MR) is 106 cm³/mol. The highest BCUT2D eigenvalue weighted by atomic mass is 32.1. The van der Waals surface area contributed by atoms with Gasteiger partial charge in [-0.15, -0.1) is 11.3 Å². The minimum Gasteiger partial charge on any atom is -0.478 e. The largest absolute Gasteiger partial charge is 0.478 e. The molecule has 4 rings (SSSR count). The molecule has 3 aromatic rings. The first-order valence-corrected chi connectivity index (χ1v) is 9.63. The Morgan fingerprint density at radius 2 is 2.15 bits per heavy atom. The molecule has 1 N–H and O–H groups in total. The highest BCUT2D eigenvalue weighted by molar-refractivity contribution is 7.17. The zero-order valence-electron chi connectivity index (χ0n) is 14.9. The van der Waals surface area contributed by atoms with Gasteiger partial charge >= 0.3 is 5.97 Å². The zero-order valence-corrected chi connectivity index (χ0v) is 15.7. The normalized spacial score (nSPS) is 17.1. The van der Waals surface area contributed by atoms with E-state index in [0.29, 0.717) is 32.2 Å². The van der Waals surface area contributed by atoms with Crippen molar-refractivity contribution in [3.05, 3.63) is 47.3 Å². The number of ether oxygens (including phenoxy) is 2. The van der Waals surface area contributed by atoms with E-state index < -0.39 is 5.97 Å². The second-order valence-corrected chi connectivity index (χ2v) is 7.38. The molecule has 0 spiro atoms. The maximum atomic E-state index is 11.7. The Labute approximate surface area is 161 Å². The van der Waals surface area contributed by atoms with Crippen molar-refractivity contribution in [1.82, 2.24) is 4.98 Å². The standard InChI is InChI=1S/C20H20N2O4S/c1-22(10-13-11-25-8-9-26-13)19-15(20(23)24)6-7-17(21-19)16-12-27-18-5-3-2-4-14(16)18/h2-7,12-13H,8-11H2,1H3,(H,23,24)/t13-/m1/s1. The number of rotatable bonds is 5. The molecule has 140 valence electrons. The van der Waals surface area contributed by atoms with Gasteiger partial charge in [0, 0.05) is 34.6 Å². The fourth-order valence-electron chi connectivity index (χ4n) is 3.27. The molecule has 1 aliphatic rings. The predicted octanol–water partition coefficient (Wildman–Crippen LogP) is 3.51. The van der Waals surface area contributed by atoms with Crippen LogP contribution in [0.1, 0.15) is 10.4 Å². The summed E-state index contributed by atoms with van der Waals surface area (Å²) in [5, 5.41) is 12.8. The van der Waals surface area contributed by atoms with E-state index in [0.717, 1.165) is 16.6 Å². The molecular formula is C20H20N2O4S. The Balaban J connectivity index is 1.70. The van der Waals surface area contributed by atoms with Crippen LogP contribution in [0.3, 0.4) is 0 Å². The minimum atomic E-state index is -0.994. The van der Waals surface area contributed by atoms with Crippen molar-refractivity contribution < 1.29 is 19.4 Å². The number of likely N-dealkylation sites (N-methyl/N-ethyl adjacent to an activating group) is 1. The number of fused-ring (bicyclic) bond motifs is 1. The summed E-state index contributed by atoms with van der Waals surface area (Å²) in [6, 6.07) is 11.5. The van der Waals surface area contributed by atoms with E-state index in [1.807, 2.05) is 24.1 Å². The number of carboxylic acid groups (broad SMARTS) is 1. The summed E-state index contributed by atoms with van der Waals surface area (Å²) < 4.78 is 12.3. The van der Waals surface area contributed by atoms with Crippen LogP contribution >= 0.6 is 11.3 Å². The molecule has 6 nitrogen and oxygen atoms in total. The number of anilines is 1. The topological polar surface area (TPSA) is 71.9 Å². The van der Waals surface area contributed by atoms with Crippen LogP contribution in [0.4, 0.5) is 5.82 Å². The first-order chi connectivity index (χ1) is 13.1. The van der Waals surface area contributed by atoms with E-state index in [4.69, 9.17) is 14.5 Å². The van der Waals surface area contributed by atoms with Crippen molar-refractivity contribution in [1.29, 1.82) is 0 Å². The Morgan fingerprint density at radius 3 is 2.93 bits per heavy atom. The number of carbonyl (C=O) groups is 1. The average Bonchev–Trinajstić information content (AvgIpc) is 3.12. The number of hydrogen-bond donors (Lipinski definition) is 1. The lowest BCUT2D eigenvalue weighted by Crippen LogP contribution is -2.39. The van der Waals surface area contributed by atoms with Crippen LogP contribution in [0.15, 0.2) is 41.8 Å². The van der Waals surface area contributed by atoms with Crippen molar-refractivity contribution in [2.75, 3.05) is 38.3 Å². The van der Waals surface area contributed by atoms with Crippen molar-refractivity contribution in [2.45, 2.75) is 6.10 Å². The quantitative estimate of drug-likeness (QED) is 0.726. The molecule has 1 atom stereocenters. The van der Waals surface area contributed by atoms with Gasteiger partial charge < -0.3 is 19.5 Å². The van der Waals surface area contributed by atoms with E-state index in [1.54, 1.807) is 23.5 Å². The second-order valence-electron chi connectivity index (χ2n) is 6.47. The zero-order chi connectivity index (χ0) is 18.8. The van der Waals surface area contributed by atoms with Crippen molar-refractivity contribution in [2.24, 2.45) is 0 Å². The smallest absolute Gasteiger partial charge is 0.339 e. The number of thiophene rings is 1. The summed E-state index contributed by atoms with van der Waals surface area (Å²) in [5.41, 5.74) is 1.96. The monoisotopic (exact) mass is 384 g/mol. The van der Waals surface area contributed by atoms with Gasteiger partial charge in [-0.2, -0.15) is 0 Å². The van der Waals surface area contributed by atoms with Gasteiger partial charge in [0.15, 0.2) is 0 Å². The lowest BCUT2D eigenvalue weighted by molar-refractivity contribution is -0.0837. The third kappa shape index (κ3) is 3.66. The molecule has 7 heteroatoms. The molecule has 0 radical (unpaired) electrons. The summed E-state index contributed by atoms with van der Waals surface area (Å²) in [5.74, 6) is -0.559. The van der Waals surface area contributed by atoms with Gasteiger partial charge in [0.1, 0.15) is 11.4 Å². The SMILES string of the molecule is CN(C[C@@H]1COCCO1)c1nc(-c2csc3ccccc23)ccc1C(=O)O. The van der Waals surface area contributed by atoms with Crippen LogP contribution in [0, 0.1) is 0 Å². The second kappa shape index (κ2) is 7.64. The molecule has 1 saturated heterocycles. The first-order valence-electron chi connectivity index (χ1n) is 8.75. The van der Waals surface area contributed by atoms with Crippen LogP contribution < -0.4 is 4.90 Å². The molecule has 0 saturated carbocycles. The molecule has 2 aromatic heterocycles. The molecule has 0 amide bonds. The first kappa shape index (κ1) is 17.9. The third-order valence-corrected chi connectivity index (χ3v) is 5.55. The molecule has 0 aliphatic carbocycles. The molecule has 3 heterocycles. The average molecular weight is 384 g/mol. The van der Waals surface area contributed by atoms with E-state index in [2.05, 4.69) is 17.5 Å². The highest BCUT2D eigenvalue weighted by Crippen LogP contribution is 2.34. The number of carboxylic acids is 1. The van der Waals surface area contributed by atoms with Crippen LogP contribution in [0.25, 0.3) is 21.3 Å². The number of pyridine rings is 1. The molecule has 1 fully saturated rings. The van der Waals surface area contributed by atoms with Crippen LogP contribution in [-0.2, 0) is 9.47 Å². The highest BCUT2D eigenvalue weighted by Gasteiger charge is 2.22. The van der Waals surface area contributed by atoms with Crippen LogP contribution in [0.5, 0.6) is 0 Å². The molecule has 1 aliphatic heterocycles. The summed E-state index contributed by atoms with van der Waals surface area (Å²) >= 11 is 1.66. The Kier molecular flexibility index (Phi) is 5.07.